The molecule has 5 heteroatoms. The molecule has 19 heavy (non-hydrogen) atoms. The third-order valence-corrected chi connectivity index (χ3v) is 4.20. The molecular formula is C14H20N4O. The normalized spacial score (nSPS) is 25.1. The summed E-state index contributed by atoms with van der Waals surface area (Å²) in [5.41, 5.74) is 1.12. The van der Waals surface area contributed by atoms with Crippen molar-refractivity contribution < 1.29 is 4.79 Å². The number of hydrogen-bond acceptors (Lipinski definition) is 3. The van der Waals surface area contributed by atoms with Gasteiger partial charge in [0, 0.05) is 32.0 Å². The number of carbonyl (C=O) groups excluding carboxylic acids is 1. The molecule has 1 unspecified atom stereocenters. The third kappa shape index (κ3) is 2.30. The summed E-state index contributed by atoms with van der Waals surface area (Å²) in [6.07, 6.45) is 5.74. The fourth-order valence-corrected chi connectivity index (χ4v) is 3.05. The van der Waals surface area contributed by atoms with Crippen LogP contribution in [0, 0.1) is 0 Å². The molecule has 3 rings (SSSR count). The molecule has 5 nitrogen and oxygen atoms in total. The molecule has 0 aliphatic carbocycles. The molecule has 2 saturated heterocycles. The van der Waals surface area contributed by atoms with Crippen LogP contribution < -0.4 is 5.32 Å². The number of urea groups is 1. The average Bonchev–Trinajstić information content (AvgIpc) is 2.77. The monoisotopic (exact) mass is 260 g/mol. The van der Waals surface area contributed by atoms with Crippen molar-refractivity contribution >= 4 is 6.03 Å². The van der Waals surface area contributed by atoms with Crippen molar-refractivity contribution in [3.8, 4) is 0 Å². The maximum absolute atomic E-state index is 12.4. The van der Waals surface area contributed by atoms with Crippen LogP contribution in [0.5, 0.6) is 0 Å². The molecule has 1 aromatic rings. The predicted octanol–water partition coefficient (Wildman–Crippen LogP) is 1.24. The van der Waals surface area contributed by atoms with Crippen molar-refractivity contribution in [1.29, 1.82) is 0 Å². The number of pyridine rings is 1. The van der Waals surface area contributed by atoms with E-state index in [0.29, 0.717) is 6.04 Å². The van der Waals surface area contributed by atoms with Gasteiger partial charge in [-0.2, -0.15) is 0 Å². The Hall–Kier alpha value is -1.62. The second-order valence-corrected chi connectivity index (χ2v) is 5.33. The molecule has 0 spiro atoms. The van der Waals surface area contributed by atoms with E-state index in [-0.39, 0.29) is 12.1 Å². The lowest BCUT2D eigenvalue weighted by Gasteiger charge is -2.30. The first-order valence-electron chi connectivity index (χ1n) is 6.91. The van der Waals surface area contributed by atoms with E-state index in [1.54, 1.807) is 6.20 Å². The van der Waals surface area contributed by atoms with E-state index >= 15 is 0 Å². The Kier molecular flexibility index (Phi) is 3.38. The number of carbonyl (C=O) groups is 1. The Morgan fingerprint density at radius 3 is 2.84 bits per heavy atom. The molecule has 2 aliphatic rings. The topological polar surface area (TPSA) is 48.5 Å². The van der Waals surface area contributed by atoms with Crippen LogP contribution in [-0.2, 0) is 0 Å². The van der Waals surface area contributed by atoms with E-state index in [1.165, 1.54) is 0 Å². The molecule has 2 aliphatic heterocycles. The summed E-state index contributed by atoms with van der Waals surface area (Å²) in [6, 6.07) is 4.66. The summed E-state index contributed by atoms with van der Waals surface area (Å²) >= 11 is 0. The minimum Gasteiger partial charge on any atom is -0.319 e. The van der Waals surface area contributed by atoms with Gasteiger partial charge in [-0.1, -0.05) is 6.07 Å². The lowest BCUT2D eigenvalue weighted by atomic mass is 10.0. The predicted molar refractivity (Wildman–Crippen MR) is 72.7 cm³/mol. The number of nitrogens with one attached hydrogen (secondary N) is 1. The number of piperidine rings is 1. The smallest absolute Gasteiger partial charge is 0.319 e. The van der Waals surface area contributed by atoms with Gasteiger partial charge in [0.15, 0.2) is 0 Å². The number of aromatic nitrogens is 1. The van der Waals surface area contributed by atoms with Crippen molar-refractivity contribution in [3.05, 3.63) is 30.1 Å². The molecule has 0 bridgehead atoms. The van der Waals surface area contributed by atoms with Crippen molar-refractivity contribution in [3.63, 3.8) is 0 Å². The van der Waals surface area contributed by atoms with Crippen molar-refractivity contribution in [1.82, 2.24) is 20.1 Å². The number of hydrogen-bond donors (Lipinski definition) is 1. The number of likely N-dealkylation sites (N-methyl/N-ethyl adjacent to an activating group) is 1. The number of nitrogens with zero attached hydrogens (tertiary/aromatic N) is 3. The molecule has 2 fully saturated rings. The molecule has 0 aromatic carbocycles. The Morgan fingerprint density at radius 1 is 1.37 bits per heavy atom. The molecular weight excluding hydrogens is 240 g/mol. The van der Waals surface area contributed by atoms with Crippen molar-refractivity contribution in [2.75, 3.05) is 26.7 Å². The van der Waals surface area contributed by atoms with Crippen LogP contribution in [-0.4, -0.2) is 53.5 Å². The minimum atomic E-state index is 0.135. The third-order valence-electron chi connectivity index (χ3n) is 4.20. The first kappa shape index (κ1) is 12.4. The van der Waals surface area contributed by atoms with Gasteiger partial charge in [-0.25, -0.2) is 4.79 Å². The Morgan fingerprint density at radius 2 is 2.16 bits per heavy atom. The van der Waals surface area contributed by atoms with E-state index < -0.39 is 0 Å². The lowest BCUT2D eigenvalue weighted by Crippen LogP contribution is -2.44. The van der Waals surface area contributed by atoms with Gasteiger partial charge in [-0.3, -0.25) is 4.98 Å². The van der Waals surface area contributed by atoms with Gasteiger partial charge in [0.05, 0.1) is 6.04 Å². The van der Waals surface area contributed by atoms with E-state index in [2.05, 4.69) is 10.3 Å². The van der Waals surface area contributed by atoms with E-state index in [4.69, 9.17) is 0 Å². The molecule has 1 N–H and O–H groups in total. The summed E-state index contributed by atoms with van der Waals surface area (Å²) in [6.45, 7) is 2.80. The van der Waals surface area contributed by atoms with E-state index in [9.17, 15) is 4.79 Å². The highest BCUT2D eigenvalue weighted by Gasteiger charge is 2.39. The molecule has 1 atom stereocenters. The van der Waals surface area contributed by atoms with Crippen LogP contribution in [0.1, 0.15) is 24.4 Å². The number of amides is 2. The standard InChI is InChI=1S/C14H20N4O/c1-17-13(11-3-2-6-16-9-11)10-18(14(17)19)12-4-7-15-8-5-12/h2-3,6,9,12-13,15H,4-5,7-8,10H2,1H3. The Labute approximate surface area is 113 Å². The summed E-state index contributed by atoms with van der Waals surface area (Å²) in [5, 5.41) is 3.35. The van der Waals surface area contributed by atoms with Crippen LogP contribution >= 0.6 is 0 Å². The molecule has 1 aromatic heterocycles. The highest BCUT2D eigenvalue weighted by atomic mass is 16.2. The SMILES string of the molecule is CN1C(=O)N(C2CCNCC2)CC1c1cccnc1. The zero-order valence-electron chi connectivity index (χ0n) is 11.2. The zero-order chi connectivity index (χ0) is 13.2. The van der Waals surface area contributed by atoms with Crippen LogP contribution in [0.25, 0.3) is 0 Å². The van der Waals surface area contributed by atoms with Gasteiger partial charge in [-0.05, 0) is 37.6 Å². The van der Waals surface area contributed by atoms with Crippen LogP contribution in [0.2, 0.25) is 0 Å². The molecule has 0 radical (unpaired) electrons. The van der Waals surface area contributed by atoms with Gasteiger partial charge in [0.2, 0.25) is 0 Å². The highest BCUT2D eigenvalue weighted by Crippen LogP contribution is 2.30. The first-order valence-corrected chi connectivity index (χ1v) is 6.91. The summed E-state index contributed by atoms with van der Waals surface area (Å²) in [5.74, 6) is 0. The molecule has 102 valence electrons. The second kappa shape index (κ2) is 5.17. The van der Waals surface area contributed by atoms with Crippen LogP contribution in [0.4, 0.5) is 4.79 Å². The van der Waals surface area contributed by atoms with Gasteiger partial charge in [0.25, 0.3) is 0 Å². The van der Waals surface area contributed by atoms with Crippen LogP contribution in [0.15, 0.2) is 24.5 Å². The summed E-state index contributed by atoms with van der Waals surface area (Å²) in [7, 11) is 1.89. The first-order chi connectivity index (χ1) is 9.27. The van der Waals surface area contributed by atoms with Gasteiger partial charge >= 0.3 is 6.03 Å². The number of rotatable bonds is 2. The van der Waals surface area contributed by atoms with Crippen molar-refractivity contribution in [2.24, 2.45) is 0 Å². The van der Waals surface area contributed by atoms with Gasteiger partial charge in [-0.15, -0.1) is 0 Å². The summed E-state index contributed by atoms with van der Waals surface area (Å²) < 4.78 is 0. The molecule has 3 heterocycles. The molecule has 0 saturated carbocycles. The van der Waals surface area contributed by atoms with Gasteiger partial charge in [0.1, 0.15) is 0 Å². The second-order valence-electron chi connectivity index (χ2n) is 5.33. The fraction of sp³-hybridized carbons (Fsp3) is 0.571. The van der Waals surface area contributed by atoms with E-state index in [0.717, 1.165) is 38.0 Å². The van der Waals surface area contributed by atoms with E-state index in [1.807, 2.05) is 35.2 Å². The Bertz CT molecular complexity index is 444. The Balaban J connectivity index is 1.77. The maximum atomic E-state index is 12.4. The fourth-order valence-electron chi connectivity index (χ4n) is 3.05. The molecule has 2 amide bonds. The zero-order valence-corrected chi connectivity index (χ0v) is 11.2. The van der Waals surface area contributed by atoms with Crippen LogP contribution in [0.3, 0.4) is 0 Å². The lowest BCUT2D eigenvalue weighted by molar-refractivity contribution is 0.170. The summed E-state index contributed by atoms with van der Waals surface area (Å²) in [4.78, 5) is 20.4. The maximum Gasteiger partial charge on any atom is 0.320 e. The average molecular weight is 260 g/mol. The van der Waals surface area contributed by atoms with Crippen molar-refractivity contribution in [2.45, 2.75) is 24.9 Å². The quantitative estimate of drug-likeness (QED) is 0.870. The highest BCUT2D eigenvalue weighted by molar-refractivity contribution is 5.77. The largest absolute Gasteiger partial charge is 0.320 e. The van der Waals surface area contributed by atoms with Gasteiger partial charge < -0.3 is 15.1 Å². The minimum absolute atomic E-state index is 0.135.